The van der Waals surface area contributed by atoms with Gasteiger partial charge in [-0.1, -0.05) is 35.9 Å². The van der Waals surface area contributed by atoms with Crippen LogP contribution >= 0.6 is 11.6 Å². The minimum absolute atomic E-state index is 0.167. The number of nitrogens with zero attached hydrogens (tertiary/aromatic N) is 1. The Labute approximate surface area is 116 Å². The van der Waals surface area contributed by atoms with Gasteiger partial charge < -0.3 is 10.1 Å². The highest BCUT2D eigenvalue weighted by Gasteiger charge is 2.09. The lowest BCUT2D eigenvalue weighted by Crippen LogP contribution is -2.15. The summed E-state index contributed by atoms with van der Waals surface area (Å²) in [5.41, 5.74) is 0.824. The molecule has 0 bridgehead atoms. The van der Waals surface area contributed by atoms with Crippen molar-refractivity contribution in [3.05, 3.63) is 53.2 Å². The molecule has 19 heavy (non-hydrogen) atoms. The molecular weight excluding hydrogens is 264 g/mol. The van der Waals surface area contributed by atoms with Gasteiger partial charge in [-0.3, -0.25) is 4.79 Å². The molecule has 0 aliphatic rings. The number of aromatic nitrogens is 1. The van der Waals surface area contributed by atoms with Crippen molar-refractivity contribution in [3.63, 3.8) is 0 Å². The van der Waals surface area contributed by atoms with Gasteiger partial charge in [0.1, 0.15) is 16.7 Å². The second-order valence-corrected chi connectivity index (χ2v) is 4.27. The number of para-hydroxylation sites is 1. The Balaban J connectivity index is 2.05. The minimum atomic E-state index is -0.167. The molecule has 0 fully saturated rings. The smallest absolute Gasteiger partial charge is 0.230 e. The van der Waals surface area contributed by atoms with E-state index in [9.17, 15) is 4.79 Å². The summed E-state index contributed by atoms with van der Waals surface area (Å²) in [4.78, 5) is 15.9. The van der Waals surface area contributed by atoms with Gasteiger partial charge >= 0.3 is 0 Å². The molecule has 98 valence electrons. The summed E-state index contributed by atoms with van der Waals surface area (Å²) in [5, 5.41) is 3.04. The van der Waals surface area contributed by atoms with E-state index in [0.717, 1.165) is 5.56 Å². The number of amides is 1. The molecule has 1 aromatic heterocycles. The third kappa shape index (κ3) is 3.69. The van der Waals surface area contributed by atoms with E-state index in [0.29, 0.717) is 16.7 Å². The zero-order valence-corrected chi connectivity index (χ0v) is 11.1. The predicted octanol–water partition coefficient (Wildman–Crippen LogP) is 2.92. The van der Waals surface area contributed by atoms with Gasteiger partial charge in [-0.05, 0) is 18.2 Å². The van der Waals surface area contributed by atoms with Crippen LogP contribution in [0.25, 0.3) is 0 Å². The quantitative estimate of drug-likeness (QED) is 0.874. The maximum absolute atomic E-state index is 11.9. The van der Waals surface area contributed by atoms with E-state index in [1.165, 1.54) is 0 Å². The van der Waals surface area contributed by atoms with Crippen molar-refractivity contribution in [3.8, 4) is 5.75 Å². The van der Waals surface area contributed by atoms with E-state index in [2.05, 4.69) is 10.3 Å². The van der Waals surface area contributed by atoms with Crippen LogP contribution in [-0.4, -0.2) is 18.0 Å². The highest BCUT2D eigenvalue weighted by Crippen LogP contribution is 2.18. The average Bonchev–Trinajstić information content (AvgIpc) is 2.39. The van der Waals surface area contributed by atoms with Crippen molar-refractivity contribution in [2.45, 2.75) is 6.42 Å². The molecule has 0 aliphatic heterocycles. The number of pyridine rings is 1. The van der Waals surface area contributed by atoms with Gasteiger partial charge in [-0.2, -0.15) is 0 Å². The topological polar surface area (TPSA) is 51.2 Å². The van der Waals surface area contributed by atoms with Crippen molar-refractivity contribution in [1.82, 2.24) is 4.98 Å². The zero-order chi connectivity index (χ0) is 13.7. The van der Waals surface area contributed by atoms with Gasteiger partial charge in [0.25, 0.3) is 0 Å². The minimum Gasteiger partial charge on any atom is -0.496 e. The van der Waals surface area contributed by atoms with Crippen molar-refractivity contribution in [1.29, 1.82) is 0 Å². The molecule has 0 radical (unpaired) electrons. The Kier molecular flexibility index (Phi) is 4.36. The van der Waals surface area contributed by atoms with E-state index in [-0.39, 0.29) is 12.3 Å². The SMILES string of the molecule is COc1ccccc1CC(=O)Nc1cccc(Cl)n1. The van der Waals surface area contributed by atoms with Crippen LogP contribution in [0.2, 0.25) is 5.15 Å². The van der Waals surface area contributed by atoms with Crippen LogP contribution in [0, 0.1) is 0 Å². The molecule has 2 rings (SSSR count). The van der Waals surface area contributed by atoms with Crippen molar-refractivity contribution in [2.75, 3.05) is 12.4 Å². The Morgan fingerprint density at radius 2 is 2.05 bits per heavy atom. The molecule has 1 N–H and O–H groups in total. The van der Waals surface area contributed by atoms with Gasteiger partial charge in [-0.25, -0.2) is 4.98 Å². The third-order valence-electron chi connectivity index (χ3n) is 2.53. The lowest BCUT2D eigenvalue weighted by Gasteiger charge is -2.08. The molecule has 1 amide bonds. The summed E-state index contributed by atoms with van der Waals surface area (Å²) < 4.78 is 5.20. The molecule has 0 unspecified atom stereocenters. The summed E-state index contributed by atoms with van der Waals surface area (Å²) in [7, 11) is 1.58. The first-order valence-corrected chi connectivity index (χ1v) is 6.11. The second-order valence-electron chi connectivity index (χ2n) is 3.88. The van der Waals surface area contributed by atoms with Crippen LogP contribution in [0.5, 0.6) is 5.75 Å². The highest BCUT2D eigenvalue weighted by molar-refractivity contribution is 6.29. The van der Waals surface area contributed by atoms with Crippen LogP contribution in [0.15, 0.2) is 42.5 Å². The second kappa shape index (κ2) is 6.20. The molecule has 0 atom stereocenters. The number of halogens is 1. The number of carbonyl (C=O) groups excluding carboxylic acids is 1. The summed E-state index contributed by atoms with van der Waals surface area (Å²) >= 11 is 5.75. The van der Waals surface area contributed by atoms with Gasteiger partial charge in [0.2, 0.25) is 5.91 Å². The summed E-state index contributed by atoms with van der Waals surface area (Å²) in [6.07, 6.45) is 0.220. The largest absolute Gasteiger partial charge is 0.496 e. The summed E-state index contributed by atoms with van der Waals surface area (Å²) in [6, 6.07) is 12.5. The third-order valence-corrected chi connectivity index (χ3v) is 2.74. The molecule has 0 aliphatic carbocycles. The van der Waals surface area contributed by atoms with Crippen LogP contribution in [0.1, 0.15) is 5.56 Å². The number of benzene rings is 1. The zero-order valence-electron chi connectivity index (χ0n) is 10.4. The Bertz CT molecular complexity index is 587. The molecule has 0 spiro atoms. The van der Waals surface area contributed by atoms with Crippen molar-refractivity contribution in [2.24, 2.45) is 0 Å². The number of methoxy groups -OCH3 is 1. The fourth-order valence-electron chi connectivity index (χ4n) is 1.69. The van der Waals surface area contributed by atoms with Crippen molar-refractivity contribution < 1.29 is 9.53 Å². The number of nitrogens with one attached hydrogen (secondary N) is 1. The molecular formula is C14H13ClN2O2. The summed E-state index contributed by atoms with van der Waals surface area (Å²) in [6.45, 7) is 0. The predicted molar refractivity (Wildman–Crippen MR) is 74.6 cm³/mol. The van der Waals surface area contributed by atoms with Crippen LogP contribution < -0.4 is 10.1 Å². The van der Waals surface area contributed by atoms with E-state index in [1.807, 2.05) is 24.3 Å². The number of rotatable bonds is 4. The maximum Gasteiger partial charge on any atom is 0.230 e. The number of hydrogen-bond donors (Lipinski definition) is 1. The van der Waals surface area contributed by atoms with E-state index < -0.39 is 0 Å². The fraction of sp³-hybridized carbons (Fsp3) is 0.143. The lowest BCUT2D eigenvalue weighted by molar-refractivity contribution is -0.115. The number of ether oxygens (including phenoxy) is 1. The molecule has 4 nitrogen and oxygen atoms in total. The summed E-state index contributed by atoms with van der Waals surface area (Å²) in [5.74, 6) is 0.961. The number of anilines is 1. The van der Waals surface area contributed by atoms with Crippen LogP contribution in [-0.2, 0) is 11.2 Å². The number of carbonyl (C=O) groups is 1. The highest BCUT2D eigenvalue weighted by atomic mass is 35.5. The van der Waals surface area contributed by atoms with Gasteiger partial charge in [0.05, 0.1) is 13.5 Å². The van der Waals surface area contributed by atoms with E-state index >= 15 is 0 Å². The molecule has 5 heteroatoms. The Morgan fingerprint density at radius 3 is 2.79 bits per heavy atom. The van der Waals surface area contributed by atoms with Gasteiger partial charge in [-0.15, -0.1) is 0 Å². The van der Waals surface area contributed by atoms with Crippen LogP contribution in [0.3, 0.4) is 0 Å². The van der Waals surface area contributed by atoms with Gasteiger partial charge in [0.15, 0.2) is 0 Å². The first kappa shape index (κ1) is 13.4. The standard InChI is InChI=1S/C14H13ClN2O2/c1-19-11-6-3-2-5-10(11)9-14(18)17-13-8-4-7-12(15)16-13/h2-8H,9H2,1H3,(H,16,17,18). The molecule has 1 heterocycles. The fourth-order valence-corrected chi connectivity index (χ4v) is 1.85. The van der Waals surface area contributed by atoms with Crippen molar-refractivity contribution >= 4 is 23.3 Å². The Morgan fingerprint density at radius 1 is 1.26 bits per heavy atom. The van der Waals surface area contributed by atoms with E-state index in [4.69, 9.17) is 16.3 Å². The Hall–Kier alpha value is -2.07. The van der Waals surface area contributed by atoms with Gasteiger partial charge in [0, 0.05) is 5.56 Å². The van der Waals surface area contributed by atoms with E-state index in [1.54, 1.807) is 25.3 Å². The average molecular weight is 277 g/mol. The number of hydrogen-bond acceptors (Lipinski definition) is 3. The molecule has 0 saturated heterocycles. The first-order chi connectivity index (χ1) is 9.19. The van der Waals surface area contributed by atoms with Crippen LogP contribution in [0.4, 0.5) is 5.82 Å². The first-order valence-electron chi connectivity index (χ1n) is 5.73. The molecule has 0 saturated carbocycles. The molecule has 1 aromatic carbocycles. The lowest BCUT2D eigenvalue weighted by atomic mass is 10.1. The normalized spacial score (nSPS) is 10.0. The monoisotopic (exact) mass is 276 g/mol. The molecule has 2 aromatic rings. The maximum atomic E-state index is 11.9.